The summed E-state index contributed by atoms with van der Waals surface area (Å²) < 4.78 is 39.5. The van der Waals surface area contributed by atoms with Crippen LogP contribution in [0.5, 0.6) is 0 Å². The van der Waals surface area contributed by atoms with Crippen molar-refractivity contribution in [1.82, 2.24) is 24.5 Å². The molecule has 9 heteroatoms. The lowest BCUT2D eigenvalue weighted by Gasteiger charge is -2.19. The van der Waals surface area contributed by atoms with Crippen molar-refractivity contribution >= 4 is 11.7 Å². The molecule has 0 spiro atoms. The Kier molecular flexibility index (Phi) is 5.79. The Bertz CT molecular complexity index is 831. The fourth-order valence-electron chi connectivity index (χ4n) is 2.67. The molecule has 2 rings (SSSR count). The highest BCUT2D eigenvalue weighted by molar-refractivity contribution is 5.76. The van der Waals surface area contributed by atoms with Gasteiger partial charge in [0.15, 0.2) is 0 Å². The first-order chi connectivity index (χ1) is 12.2. The van der Waals surface area contributed by atoms with E-state index in [2.05, 4.69) is 28.2 Å². The summed E-state index contributed by atoms with van der Waals surface area (Å²) in [6.07, 6.45) is -0.859. The molecule has 0 unspecified atom stereocenters. The number of fused-ring (bicyclic) bond motifs is 1. The van der Waals surface area contributed by atoms with E-state index < -0.39 is 12.0 Å². The molecule has 0 bridgehead atoms. The highest BCUT2D eigenvalue weighted by atomic mass is 19.4. The topological polar surface area (TPSA) is 63.4 Å². The van der Waals surface area contributed by atoms with Gasteiger partial charge in [-0.25, -0.2) is 9.50 Å². The number of hydrogen-bond acceptors (Lipinski definition) is 4. The van der Waals surface area contributed by atoms with Crippen LogP contribution >= 0.6 is 0 Å². The molecular formula is C17H20F3N5O. The van der Waals surface area contributed by atoms with E-state index in [1.54, 1.807) is 30.9 Å². The molecule has 0 aliphatic heterocycles. The molecule has 2 aromatic heterocycles. The van der Waals surface area contributed by atoms with Crippen LogP contribution < -0.4 is 0 Å². The molecule has 2 heterocycles. The highest BCUT2D eigenvalue weighted by Crippen LogP contribution is 2.27. The second-order valence-corrected chi connectivity index (χ2v) is 5.78. The minimum atomic E-state index is -4.64. The van der Waals surface area contributed by atoms with Gasteiger partial charge in [-0.3, -0.25) is 4.79 Å². The van der Waals surface area contributed by atoms with Crippen LogP contribution in [0.1, 0.15) is 29.2 Å². The van der Waals surface area contributed by atoms with E-state index in [0.29, 0.717) is 36.5 Å². The predicted molar refractivity (Wildman–Crippen MR) is 90.6 cm³/mol. The molecule has 0 radical (unpaired) electrons. The summed E-state index contributed by atoms with van der Waals surface area (Å²) in [5, 5.41) is 3.50. The first kappa shape index (κ1) is 19.6. The molecule has 0 fully saturated rings. The van der Waals surface area contributed by atoms with Crippen LogP contribution in [0, 0.1) is 13.8 Å². The van der Waals surface area contributed by atoms with Crippen molar-refractivity contribution in [2.75, 3.05) is 13.1 Å². The summed E-state index contributed by atoms with van der Waals surface area (Å²) in [6, 6.07) is 0. The molecule has 1 amide bonds. The normalized spacial score (nSPS) is 11.6. The van der Waals surface area contributed by atoms with Gasteiger partial charge in [0.2, 0.25) is 5.91 Å². The SMILES string of the molecule is C=CCN(CC=C)C(=O)CCc1c(C)nc2nc(C(F)(F)F)nn2c1C. The van der Waals surface area contributed by atoms with Crippen LogP contribution in [-0.2, 0) is 17.4 Å². The molecule has 0 aromatic carbocycles. The largest absolute Gasteiger partial charge is 0.453 e. The number of amides is 1. The summed E-state index contributed by atoms with van der Waals surface area (Å²) in [5.74, 6) is -1.44. The minimum absolute atomic E-state index is 0.0988. The third-order valence-corrected chi connectivity index (χ3v) is 3.94. The predicted octanol–water partition coefficient (Wildman–Crippen LogP) is 2.89. The number of carbonyl (C=O) groups excluding carboxylic acids is 1. The summed E-state index contributed by atoms with van der Waals surface area (Å²) in [5.41, 5.74) is 1.70. The quantitative estimate of drug-likeness (QED) is 0.706. The lowest BCUT2D eigenvalue weighted by Crippen LogP contribution is -2.31. The number of halogens is 3. The van der Waals surface area contributed by atoms with Gasteiger partial charge in [0.25, 0.3) is 11.6 Å². The highest BCUT2D eigenvalue weighted by Gasteiger charge is 2.37. The minimum Gasteiger partial charge on any atom is -0.335 e. The van der Waals surface area contributed by atoms with E-state index in [9.17, 15) is 18.0 Å². The number of hydrogen-bond donors (Lipinski definition) is 0. The zero-order chi connectivity index (χ0) is 19.5. The molecule has 2 aromatic rings. The lowest BCUT2D eigenvalue weighted by molar-refractivity contribution is -0.144. The van der Waals surface area contributed by atoms with Gasteiger partial charge in [-0.2, -0.15) is 18.2 Å². The van der Waals surface area contributed by atoms with Crippen molar-refractivity contribution < 1.29 is 18.0 Å². The average molecular weight is 367 g/mol. The Balaban J connectivity index is 2.28. The average Bonchev–Trinajstić information content (AvgIpc) is 2.98. The smallest absolute Gasteiger partial charge is 0.335 e. The van der Waals surface area contributed by atoms with Gasteiger partial charge in [0.1, 0.15) is 0 Å². The van der Waals surface area contributed by atoms with Crippen molar-refractivity contribution in [2.24, 2.45) is 0 Å². The maximum atomic E-state index is 12.8. The molecule has 0 N–H and O–H groups in total. The van der Waals surface area contributed by atoms with Crippen LogP contribution in [-0.4, -0.2) is 43.5 Å². The van der Waals surface area contributed by atoms with E-state index in [0.717, 1.165) is 4.52 Å². The third kappa shape index (κ3) is 4.09. The molecule has 0 atom stereocenters. The summed E-state index contributed by atoms with van der Waals surface area (Å²) in [4.78, 5) is 21.5. The van der Waals surface area contributed by atoms with Gasteiger partial charge in [0.05, 0.1) is 0 Å². The van der Waals surface area contributed by atoms with Gasteiger partial charge >= 0.3 is 6.18 Å². The number of nitrogens with zero attached hydrogens (tertiary/aromatic N) is 5. The first-order valence-electron chi connectivity index (χ1n) is 7.98. The van der Waals surface area contributed by atoms with E-state index in [1.807, 2.05) is 0 Å². The Labute approximate surface area is 149 Å². The summed E-state index contributed by atoms with van der Waals surface area (Å²) in [6.45, 7) is 11.4. The zero-order valence-electron chi connectivity index (χ0n) is 14.7. The molecular weight excluding hydrogens is 347 g/mol. The Morgan fingerprint density at radius 1 is 1.19 bits per heavy atom. The maximum absolute atomic E-state index is 12.8. The van der Waals surface area contributed by atoms with Crippen LogP contribution in [0.2, 0.25) is 0 Å². The standard InChI is InChI=1S/C17H20F3N5O/c1-5-9-24(10-6-2)14(26)8-7-13-11(3)21-16-22-15(17(18,19)20)23-25(16)12(13)4/h5-6H,1-2,7-10H2,3-4H3. The van der Waals surface area contributed by atoms with Crippen LogP contribution in [0.15, 0.2) is 25.3 Å². The fraction of sp³-hybridized carbons (Fsp3) is 0.412. The fourth-order valence-corrected chi connectivity index (χ4v) is 2.67. The second kappa shape index (κ2) is 7.67. The van der Waals surface area contributed by atoms with E-state index >= 15 is 0 Å². The molecule has 140 valence electrons. The molecule has 0 aliphatic carbocycles. The summed E-state index contributed by atoms with van der Waals surface area (Å²) >= 11 is 0. The van der Waals surface area contributed by atoms with Crippen molar-refractivity contribution in [3.63, 3.8) is 0 Å². The maximum Gasteiger partial charge on any atom is 0.453 e. The Hall–Kier alpha value is -2.71. The number of alkyl halides is 3. The molecule has 0 saturated carbocycles. The third-order valence-electron chi connectivity index (χ3n) is 3.94. The van der Waals surface area contributed by atoms with Crippen LogP contribution in [0.3, 0.4) is 0 Å². The zero-order valence-corrected chi connectivity index (χ0v) is 14.7. The Morgan fingerprint density at radius 3 is 2.35 bits per heavy atom. The van der Waals surface area contributed by atoms with E-state index in [1.165, 1.54) is 0 Å². The molecule has 6 nitrogen and oxygen atoms in total. The number of carbonyl (C=O) groups is 1. The molecule has 26 heavy (non-hydrogen) atoms. The van der Waals surface area contributed by atoms with Gasteiger partial charge in [-0.05, 0) is 25.8 Å². The Morgan fingerprint density at radius 2 is 1.81 bits per heavy atom. The second-order valence-electron chi connectivity index (χ2n) is 5.78. The monoisotopic (exact) mass is 367 g/mol. The van der Waals surface area contributed by atoms with Crippen molar-refractivity contribution in [3.05, 3.63) is 48.1 Å². The van der Waals surface area contributed by atoms with Crippen molar-refractivity contribution in [2.45, 2.75) is 32.9 Å². The number of aryl methyl sites for hydroxylation is 2. The van der Waals surface area contributed by atoms with Crippen LogP contribution in [0.25, 0.3) is 5.78 Å². The lowest BCUT2D eigenvalue weighted by atomic mass is 10.1. The van der Waals surface area contributed by atoms with Gasteiger partial charge in [0, 0.05) is 30.9 Å². The van der Waals surface area contributed by atoms with E-state index in [-0.39, 0.29) is 18.1 Å². The van der Waals surface area contributed by atoms with Crippen LogP contribution in [0.4, 0.5) is 13.2 Å². The molecule has 0 aliphatic rings. The first-order valence-corrected chi connectivity index (χ1v) is 7.98. The van der Waals surface area contributed by atoms with Gasteiger partial charge in [-0.15, -0.1) is 18.3 Å². The van der Waals surface area contributed by atoms with Gasteiger partial charge < -0.3 is 4.90 Å². The van der Waals surface area contributed by atoms with Gasteiger partial charge in [-0.1, -0.05) is 12.2 Å². The summed E-state index contributed by atoms with van der Waals surface area (Å²) in [7, 11) is 0. The van der Waals surface area contributed by atoms with Crippen molar-refractivity contribution in [1.29, 1.82) is 0 Å². The number of aromatic nitrogens is 4. The van der Waals surface area contributed by atoms with Crippen molar-refractivity contribution in [3.8, 4) is 0 Å². The van der Waals surface area contributed by atoms with E-state index in [4.69, 9.17) is 0 Å². The number of rotatable bonds is 7. The molecule has 0 saturated heterocycles.